The van der Waals surface area contributed by atoms with Crippen LogP contribution in [-0.2, 0) is 12.8 Å². The highest BCUT2D eigenvalue weighted by Crippen LogP contribution is 2.31. The summed E-state index contributed by atoms with van der Waals surface area (Å²) in [4.78, 5) is 14.7. The van der Waals surface area contributed by atoms with Gasteiger partial charge in [0.2, 0.25) is 0 Å². The predicted octanol–water partition coefficient (Wildman–Crippen LogP) is 2.48. The van der Waals surface area contributed by atoms with E-state index in [4.69, 9.17) is 5.73 Å². The number of carbonyl (C=O) groups is 1. The van der Waals surface area contributed by atoms with Crippen molar-refractivity contribution in [1.82, 2.24) is 5.32 Å². The molecule has 4 heteroatoms. The van der Waals surface area contributed by atoms with Gasteiger partial charge in [0.05, 0.1) is 4.88 Å². The van der Waals surface area contributed by atoms with E-state index in [2.05, 4.69) is 11.4 Å². The van der Waals surface area contributed by atoms with Crippen molar-refractivity contribution >= 4 is 17.2 Å². The summed E-state index contributed by atoms with van der Waals surface area (Å²) in [6, 6.07) is 2.38. The lowest BCUT2D eigenvalue weighted by Crippen LogP contribution is -2.44. The lowest BCUT2D eigenvalue weighted by molar-refractivity contribution is 0.0912. The number of amides is 1. The molecule has 0 saturated heterocycles. The van der Waals surface area contributed by atoms with Gasteiger partial charge in [-0.25, -0.2) is 0 Å². The topological polar surface area (TPSA) is 55.1 Å². The molecule has 1 aromatic heterocycles. The van der Waals surface area contributed by atoms with Crippen LogP contribution in [0.2, 0.25) is 0 Å². The molecule has 2 aliphatic rings. The van der Waals surface area contributed by atoms with E-state index in [9.17, 15) is 4.79 Å². The molecule has 1 amide bonds. The average molecular weight is 278 g/mol. The molecular weight excluding hydrogens is 256 g/mol. The molecule has 0 bridgehead atoms. The first-order chi connectivity index (χ1) is 9.28. The van der Waals surface area contributed by atoms with Gasteiger partial charge < -0.3 is 11.1 Å². The maximum atomic E-state index is 12.3. The summed E-state index contributed by atoms with van der Waals surface area (Å²) in [6.45, 7) is 0.686. The van der Waals surface area contributed by atoms with Crippen LogP contribution in [0.3, 0.4) is 0 Å². The van der Waals surface area contributed by atoms with Crippen LogP contribution in [0.5, 0.6) is 0 Å². The SMILES string of the molecule is NCC1CCCCC1NC(=O)c1cc2c(s1)CCC2. The van der Waals surface area contributed by atoms with Crippen molar-refractivity contribution in [1.29, 1.82) is 0 Å². The Morgan fingerprint density at radius 2 is 2.16 bits per heavy atom. The fourth-order valence-corrected chi connectivity index (χ4v) is 4.52. The van der Waals surface area contributed by atoms with Gasteiger partial charge in [0.1, 0.15) is 0 Å². The number of nitrogens with two attached hydrogens (primary N) is 1. The zero-order chi connectivity index (χ0) is 13.2. The Bertz CT molecular complexity index is 447. The Labute approximate surface area is 118 Å². The Balaban J connectivity index is 1.66. The lowest BCUT2D eigenvalue weighted by atomic mass is 9.84. The largest absolute Gasteiger partial charge is 0.348 e. The Kier molecular flexibility index (Phi) is 3.89. The molecular formula is C15H22N2OS. The number of aryl methyl sites for hydroxylation is 2. The number of rotatable bonds is 3. The first kappa shape index (κ1) is 13.1. The van der Waals surface area contributed by atoms with Crippen molar-refractivity contribution in [3.8, 4) is 0 Å². The van der Waals surface area contributed by atoms with Crippen molar-refractivity contribution in [2.45, 2.75) is 51.0 Å². The van der Waals surface area contributed by atoms with Gasteiger partial charge in [-0.1, -0.05) is 12.8 Å². The van der Waals surface area contributed by atoms with E-state index in [1.807, 2.05) is 0 Å². The third-order valence-electron chi connectivity index (χ3n) is 4.50. The van der Waals surface area contributed by atoms with Crippen molar-refractivity contribution < 1.29 is 4.79 Å². The van der Waals surface area contributed by atoms with Gasteiger partial charge >= 0.3 is 0 Å². The van der Waals surface area contributed by atoms with Crippen LogP contribution in [-0.4, -0.2) is 18.5 Å². The van der Waals surface area contributed by atoms with Crippen LogP contribution >= 0.6 is 11.3 Å². The van der Waals surface area contributed by atoms with E-state index in [1.165, 1.54) is 29.7 Å². The van der Waals surface area contributed by atoms with Crippen LogP contribution in [0.4, 0.5) is 0 Å². The molecule has 0 spiro atoms. The Morgan fingerprint density at radius 1 is 1.32 bits per heavy atom. The molecule has 2 atom stereocenters. The number of hydrogen-bond donors (Lipinski definition) is 2. The summed E-state index contributed by atoms with van der Waals surface area (Å²) in [5.41, 5.74) is 7.22. The van der Waals surface area contributed by atoms with E-state index in [1.54, 1.807) is 11.3 Å². The molecule has 3 N–H and O–H groups in total. The van der Waals surface area contributed by atoms with Crippen LogP contribution < -0.4 is 11.1 Å². The minimum atomic E-state index is 0.116. The van der Waals surface area contributed by atoms with Crippen molar-refractivity contribution in [3.05, 3.63) is 21.4 Å². The van der Waals surface area contributed by atoms with Gasteiger partial charge in [-0.3, -0.25) is 4.79 Å². The summed E-state index contributed by atoms with van der Waals surface area (Å²) < 4.78 is 0. The molecule has 0 aliphatic heterocycles. The zero-order valence-electron chi connectivity index (χ0n) is 11.3. The van der Waals surface area contributed by atoms with E-state index in [0.717, 1.165) is 30.6 Å². The normalized spacial score (nSPS) is 26.2. The second kappa shape index (κ2) is 5.63. The molecule has 0 radical (unpaired) electrons. The highest BCUT2D eigenvalue weighted by Gasteiger charge is 2.27. The zero-order valence-corrected chi connectivity index (χ0v) is 12.1. The second-order valence-corrected chi connectivity index (χ2v) is 6.91. The molecule has 3 rings (SSSR count). The first-order valence-electron chi connectivity index (χ1n) is 7.40. The van der Waals surface area contributed by atoms with Gasteiger partial charge in [-0.05, 0) is 56.2 Å². The van der Waals surface area contributed by atoms with Gasteiger partial charge in [0, 0.05) is 10.9 Å². The van der Waals surface area contributed by atoms with Crippen LogP contribution in [0.25, 0.3) is 0 Å². The third-order valence-corrected chi connectivity index (χ3v) is 5.73. The summed E-state index contributed by atoms with van der Waals surface area (Å²) >= 11 is 1.68. The number of fused-ring (bicyclic) bond motifs is 1. The fourth-order valence-electron chi connectivity index (χ4n) is 3.36. The highest BCUT2D eigenvalue weighted by atomic mass is 32.1. The fraction of sp³-hybridized carbons (Fsp3) is 0.667. The number of thiophene rings is 1. The van der Waals surface area contributed by atoms with Gasteiger partial charge in [-0.15, -0.1) is 11.3 Å². The third kappa shape index (κ3) is 2.70. The van der Waals surface area contributed by atoms with E-state index >= 15 is 0 Å². The van der Waals surface area contributed by atoms with Crippen molar-refractivity contribution in [2.24, 2.45) is 11.7 Å². The second-order valence-electron chi connectivity index (χ2n) is 5.77. The Hall–Kier alpha value is -0.870. The molecule has 19 heavy (non-hydrogen) atoms. The molecule has 1 heterocycles. The molecule has 0 aromatic carbocycles. The van der Waals surface area contributed by atoms with Gasteiger partial charge in [-0.2, -0.15) is 0 Å². The minimum absolute atomic E-state index is 0.116. The number of nitrogens with one attached hydrogen (secondary N) is 1. The molecule has 1 fully saturated rings. The molecule has 2 unspecified atom stereocenters. The van der Waals surface area contributed by atoms with E-state index < -0.39 is 0 Å². The van der Waals surface area contributed by atoms with E-state index in [-0.39, 0.29) is 11.9 Å². The minimum Gasteiger partial charge on any atom is -0.348 e. The molecule has 3 nitrogen and oxygen atoms in total. The number of carbonyl (C=O) groups excluding carboxylic acids is 1. The van der Waals surface area contributed by atoms with Gasteiger partial charge in [0.25, 0.3) is 5.91 Å². The Morgan fingerprint density at radius 3 is 2.95 bits per heavy atom. The predicted molar refractivity (Wildman–Crippen MR) is 78.6 cm³/mol. The quantitative estimate of drug-likeness (QED) is 0.892. The first-order valence-corrected chi connectivity index (χ1v) is 8.22. The van der Waals surface area contributed by atoms with Gasteiger partial charge in [0.15, 0.2) is 0 Å². The average Bonchev–Trinajstić information content (AvgIpc) is 3.00. The lowest BCUT2D eigenvalue weighted by Gasteiger charge is -2.31. The van der Waals surface area contributed by atoms with Crippen LogP contribution in [0.1, 0.15) is 52.2 Å². The maximum Gasteiger partial charge on any atom is 0.261 e. The smallest absolute Gasteiger partial charge is 0.261 e. The standard InChI is InChI=1S/C15H22N2OS/c16-9-11-4-1-2-6-12(11)17-15(18)14-8-10-5-3-7-13(10)19-14/h8,11-12H,1-7,9,16H2,(H,17,18). The summed E-state index contributed by atoms with van der Waals surface area (Å²) in [5, 5.41) is 3.22. The van der Waals surface area contributed by atoms with Crippen LogP contribution in [0, 0.1) is 5.92 Å². The maximum absolute atomic E-state index is 12.3. The number of hydrogen-bond acceptors (Lipinski definition) is 3. The molecule has 1 aromatic rings. The summed E-state index contributed by atoms with van der Waals surface area (Å²) in [7, 11) is 0. The summed E-state index contributed by atoms with van der Waals surface area (Å²) in [5.74, 6) is 0.578. The monoisotopic (exact) mass is 278 g/mol. The highest BCUT2D eigenvalue weighted by molar-refractivity contribution is 7.14. The summed E-state index contributed by atoms with van der Waals surface area (Å²) in [6.07, 6.45) is 8.25. The van der Waals surface area contributed by atoms with Crippen LogP contribution in [0.15, 0.2) is 6.07 Å². The molecule has 2 aliphatic carbocycles. The molecule has 104 valence electrons. The van der Waals surface area contributed by atoms with Crippen molar-refractivity contribution in [2.75, 3.05) is 6.54 Å². The van der Waals surface area contributed by atoms with Crippen molar-refractivity contribution in [3.63, 3.8) is 0 Å². The van der Waals surface area contributed by atoms with E-state index in [0.29, 0.717) is 12.5 Å². The molecule has 1 saturated carbocycles.